The van der Waals surface area contributed by atoms with Gasteiger partial charge in [-0.1, -0.05) is 24.3 Å². The molecule has 1 amide bonds. The topological polar surface area (TPSA) is 55.1 Å². The smallest absolute Gasteiger partial charge is 0.256 e. The van der Waals surface area contributed by atoms with Crippen LogP contribution in [0, 0.1) is 12.7 Å². The molecule has 2 heterocycles. The van der Waals surface area contributed by atoms with Crippen LogP contribution in [0.3, 0.4) is 0 Å². The lowest BCUT2D eigenvalue weighted by atomic mass is 10.1. The summed E-state index contributed by atoms with van der Waals surface area (Å²) in [6, 6.07) is 17.1. The number of amides is 1. The minimum absolute atomic E-state index is 0.149. The molecule has 0 unspecified atom stereocenters. The van der Waals surface area contributed by atoms with Gasteiger partial charge in [-0.3, -0.25) is 4.79 Å². The number of halogens is 1. The summed E-state index contributed by atoms with van der Waals surface area (Å²) in [6.07, 6.45) is 1.55. The van der Waals surface area contributed by atoms with E-state index in [2.05, 4.69) is 10.3 Å². The lowest BCUT2D eigenvalue weighted by Gasteiger charge is -2.11. The summed E-state index contributed by atoms with van der Waals surface area (Å²) in [7, 11) is 0. The monoisotopic (exact) mass is 346 g/mol. The number of aromatic nitrogens is 1. The van der Waals surface area contributed by atoms with Gasteiger partial charge in [-0.05, 0) is 48.9 Å². The Balaban J connectivity index is 1.81. The number of para-hydroxylation sites is 1. The van der Waals surface area contributed by atoms with Gasteiger partial charge in [0, 0.05) is 5.39 Å². The Morgan fingerprint density at radius 2 is 1.92 bits per heavy atom. The average Bonchev–Trinajstić information content (AvgIpc) is 3.18. The van der Waals surface area contributed by atoms with Crippen molar-refractivity contribution in [3.63, 3.8) is 0 Å². The molecule has 0 aliphatic heterocycles. The number of hydrogen-bond acceptors (Lipinski definition) is 3. The van der Waals surface area contributed by atoms with Crippen LogP contribution in [-0.4, -0.2) is 10.9 Å². The zero-order valence-corrected chi connectivity index (χ0v) is 14.0. The van der Waals surface area contributed by atoms with Gasteiger partial charge in [0.05, 0.1) is 23.0 Å². The zero-order valence-electron chi connectivity index (χ0n) is 14.0. The molecule has 0 aliphatic rings. The number of benzene rings is 2. The van der Waals surface area contributed by atoms with E-state index in [0.29, 0.717) is 27.9 Å². The van der Waals surface area contributed by atoms with Gasteiger partial charge in [0.2, 0.25) is 0 Å². The summed E-state index contributed by atoms with van der Waals surface area (Å²) in [5, 5.41) is 3.35. The summed E-state index contributed by atoms with van der Waals surface area (Å²) in [6.45, 7) is 1.84. The Labute approximate surface area is 149 Å². The number of hydrogen-bond donors (Lipinski definition) is 1. The first-order valence-electron chi connectivity index (χ1n) is 8.13. The van der Waals surface area contributed by atoms with Crippen LogP contribution in [0.1, 0.15) is 15.9 Å². The summed E-state index contributed by atoms with van der Waals surface area (Å²) in [5.41, 5.74) is 2.62. The lowest BCUT2D eigenvalue weighted by molar-refractivity contribution is 0.102. The highest BCUT2D eigenvalue weighted by Gasteiger charge is 2.16. The third-order valence-corrected chi connectivity index (χ3v) is 4.10. The van der Waals surface area contributed by atoms with Crippen molar-refractivity contribution in [2.24, 2.45) is 0 Å². The van der Waals surface area contributed by atoms with Crippen molar-refractivity contribution in [3.8, 4) is 11.5 Å². The standard InChI is InChI=1S/C21H15FN2O2/c1-13-8-9-16(22)18(11-13)24-21(25)15-12-19(20-7-4-10-26-20)23-17-6-3-2-5-14(15)17/h2-12H,1H3,(H,24,25). The average molecular weight is 346 g/mol. The minimum atomic E-state index is -0.478. The molecule has 0 bridgehead atoms. The van der Waals surface area contributed by atoms with E-state index >= 15 is 0 Å². The van der Waals surface area contributed by atoms with Crippen molar-refractivity contribution < 1.29 is 13.6 Å². The highest BCUT2D eigenvalue weighted by molar-refractivity contribution is 6.13. The summed E-state index contributed by atoms with van der Waals surface area (Å²) < 4.78 is 19.4. The Morgan fingerprint density at radius 3 is 2.73 bits per heavy atom. The molecule has 4 aromatic rings. The predicted octanol–water partition coefficient (Wildman–Crippen LogP) is 5.19. The van der Waals surface area contributed by atoms with E-state index < -0.39 is 11.7 Å². The van der Waals surface area contributed by atoms with Crippen molar-refractivity contribution >= 4 is 22.5 Å². The molecule has 1 N–H and O–H groups in total. The van der Waals surface area contributed by atoms with E-state index in [4.69, 9.17) is 4.42 Å². The van der Waals surface area contributed by atoms with Crippen LogP contribution < -0.4 is 5.32 Å². The maximum atomic E-state index is 14.0. The molecule has 26 heavy (non-hydrogen) atoms. The molecule has 128 valence electrons. The van der Waals surface area contributed by atoms with E-state index in [1.54, 1.807) is 36.6 Å². The summed E-state index contributed by atoms with van der Waals surface area (Å²) in [4.78, 5) is 17.4. The van der Waals surface area contributed by atoms with Gasteiger partial charge in [-0.2, -0.15) is 0 Å². The Hall–Kier alpha value is -3.47. The van der Waals surface area contributed by atoms with Gasteiger partial charge in [0.15, 0.2) is 5.76 Å². The third-order valence-electron chi connectivity index (χ3n) is 4.10. The van der Waals surface area contributed by atoms with Crippen molar-refractivity contribution in [2.45, 2.75) is 6.92 Å². The Kier molecular flexibility index (Phi) is 3.97. The minimum Gasteiger partial charge on any atom is -0.463 e. The maximum absolute atomic E-state index is 14.0. The highest BCUT2D eigenvalue weighted by Crippen LogP contribution is 2.26. The van der Waals surface area contributed by atoms with Gasteiger partial charge >= 0.3 is 0 Å². The fourth-order valence-electron chi connectivity index (χ4n) is 2.84. The van der Waals surface area contributed by atoms with Gasteiger partial charge in [-0.25, -0.2) is 9.37 Å². The number of carbonyl (C=O) groups is 1. The Bertz CT molecular complexity index is 1100. The number of nitrogens with one attached hydrogen (secondary N) is 1. The van der Waals surface area contributed by atoms with Crippen LogP contribution in [0.2, 0.25) is 0 Å². The molecular weight excluding hydrogens is 331 g/mol. The SMILES string of the molecule is Cc1ccc(F)c(NC(=O)c2cc(-c3ccco3)nc3ccccc23)c1. The summed E-state index contributed by atoms with van der Waals surface area (Å²) in [5.74, 6) is -0.319. The van der Waals surface area contributed by atoms with E-state index in [1.807, 2.05) is 31.2 Å². The van der Waals surface area contributed by atoms with Crippen LogP contribution in [0.25, 0.3) is 22.4 Å². The number of nitrogens with zero attached hydrogens (tertiary/aromatic N) is 1. The molecule has 0 spiro atoms. The van der Waals surface area contributed by atoms with Gasteiger partial charge in [0.1, 0.15) is 11.5 Å². The molecule has 0 radical (unpaired) electrons. The van der Waals surface area contributed by atoms with Crippen LogP contribution in [0.5, 0.6) is 0 Å². The predicted molar refractivity (Wildman–Crippen MR) is 98.5 cm³/mol. The molecule has 2 aromatic heterocycles. The van der Waals surface area contributed by atoms with Crippen LogP contribution in [0.15, 0.2) is 71.3 Å². The Morgan fingerprint density at radius 1 is 1.08 bits per heavy atom. The molecular formula is C21H15FN2O2. The van der Waals surface area contributed by atoms with Crippen molar-refractivity contribution in [1.29, 1.82) is 0 Å². The second kappa shape index (κ2) is 6.44. The number of rotatable bonds is 3. The van der Waals surface area contributed by atoms with Gasteiger partial charge < -0.3 is 9.73 Å². The van der Waals surface area contributed by atoms with E-state index in [9.17, 15) is 9.18 Å². The number of fused-ring (bicyclic) bond motifs is 1. The normalized spacial score (nSPS) is 10.8. The molecule has 4 rings (SSSR count). The highest BCUT2D eigenvalue weighted by atomic mass is 19.1. The van der Waals surface area contributed by atoms with Crippen molar-refractivity contribution in [2.75, 3.05) is 5.32 Å². The molecule has 0 aliphatic carbocycles. The molecule has 2 aromatic carbocycles. The van der Waals surface area contributed by atoms with Crippen LogP contribution in [0.4, 0.5) is 10.1 Å². The fourth-order valence-corrected chi connectivity index (χ4v) is 2.84. The lowest BCUT2D eigenvalue weighted by Crippen LogP contribution is -2.14. The maximum Gasteiger partial charge on any atom is 0.256 e. The van der Waals surface area contributed by atoms with Crippen molar-refractivity contribution in [1.82, 2.24) is 4.98 Å². The molecule has 0 atom stereocenters. The number of pyridine rings is 1. The first-order chi connectivity index (χ1) is 12.6. The first kappa shape index (κ1) is 16.0. The van der Waals surface area contributed by atoms with Crippen molar-refractivity contribution in [3.05, 3.63) is 83.9 Å². The molecule has 4 nitrogen and oxygen atoms in total. The summed E-state index contributed by atoms with van der Waals surface area (Å²) >= 11 is 0. The first-order valence-corrected chi connectivity index (χ1v) is 8.13. The molecule has 0 fully saturated rings. The second-order valence-electron chi connectivity index (χ2n) is 5.99. The van der Waals surface area contributed by atoms with Gasteiger partial charge in [-0.15, -0.1) is 0 Å². The third kappa shape index (κ3) is 2.95. The second-order valence-corrected chi connectivity index (χ2v) is 5.99. The largest absolute Gasteiger partial charge is 0.463 e. The van der Waals surface area contributed by atoms with E-state index in [0.717, 1.165) is 5.56 Å². The number of anilines is 1. The van der Waals surface area contributed by atoms with Crippen LogP contribution in [-0.2, 0) is 0 Å². The van der Waals surface area contributed by atoms with Crippen LogP contribution >= 0.6 is 0 Å². The van der Waals surface area contributed by atoms with Gasteiger partial charge in [0.25, 0.3) is 5.91 Å². The number of carbonyl (C=O) groups excluding carboxylic acids is 1. The van der Waals surface area contributed by atoms with E-state index in [-0.39, 0.29) is 5.69 Å². The fraction of sp³-hybridized carbons (Fsp3) is 0.0476. The molecule has 5 heteroatoms. The quantitative estimate of drug-likeness (QED) is 0.555. The zero-order chi connectivity index (χ0) is 18.1. The van der Waals surface area contributed by atoms with E-state index in [1.165, 1.54) is 6.07 Å². The number of furan rings is 1. The molecule has 0 saturated carbocycles. The number of aryl methyl sites for hydroxylation is 1. The molecule has 0 saturated heterocycles.